The number of aromatic nitrogens is 5. The van der Waals surface area contributed by atoms with Gasteiger partial charge in [-0.3, -0.25) is 19.3 Å². The molecule has 0 spiro atoms. The second-order valence-electron chi connectivity index (χ2n) is 13.4. The summed E-state index contributed by atoms with van der Waals surface area (Å²) in [5.41, 5.74) is 3.79. The van der Waals surface area contributed by atoms with Crippen LogP contribution < -0.4 is 10.7 Å². The number of halogens is 3. The van der Waals surface area contributed by atoms with E-state index in [1.54, 1.807) is 4.90 Å². The molecule has 1 N–H and O–H groups in total. The van der Waals surface area contributed by atoms with E-state index in [0.29, 0.717) is 45.4 Å². The molecule has 0 aromatic carbocycles. The fourth-order valence-corrected chi connectivity index (χ4v) is 7.48. The van der Waals surface area contributed by atoms with Gasteiger partial charge in [-0.2, -0.15) is 23.5 Å². The van der Waals surface area contributed by atoms with Crippen molar-refractivity contribution in [1.29, 1.82) is 5.26 Å². The van der Waals surface area contributed by atoms with Gasteiger partial charge in [0.25, 0.3) is 5.91 Å². The second-order valence-corrected chi connectivity index (χ2v) is 13.4. The molecule has 0 atom stereocenters. The molecule has 14 heteroatoms. The van der Waals surface area contributed by atoms with E-state index in [1.807, 2.05) is 29.3 Å². The SMILES string of the molecule is CCC1=CN=c2[nH]ccc2=C(c2cnn(C3(CC#N)CN(C4CCN(C(=O)c5cc(CN6CCCC6)nc(C(F)(F)F)n5)CC4)C3)c2)C1. The molecule has 3 fully saturated rings. The van der Waals surface area contributed by atoms with Gasteiger partial charge >= 0.3 is 6.18 Å². The number of carbonyl (C=O) groups excluding carboxylic acids is 1. The van der Waals surface area contributed by atoms with E-state index in [-0.39, 0.29) is 24.0 Å². The van der Waals surface area contributed by atoms with E-state index in [0.717, 1.165) is 60.6 Å². The second kappa shape index (κ2) is 12.9. The van der Waals surface area contributed by atoms with Gasteiger partial charge in [-0.05, 0) is 74.9 Å². The zero-order chi connectivity index (χ0) is 33.5. The number of hydrogen-bond acceptors (Lipinski definition) is 8. The lowest BCUT2D eigenvalue weighted by Crippen LogP contribution is -2.66. The van der Waals surface area contributed by atoms with Crippen LogP contribution in [-0.2, 0) is 18.3 Å². The van der Waals surface area contributed by atoms with Gasteiger partial charge < -0.3 is 9.88 Å². The van der Waals surface area contributed by atoms with Crippen molar-refractivity contribution in [3.8, 4) is 6.07 Å². The summed E-state index contributed by atoms with van der Waals surface area (Å²) in [7, 11) is 0. The fraction of sp³-hybridized carbons (Fsp3) is 0.529. The number of alkyl halides is 3. The Balaban J connectivity index is 1.02. The molecular weight excluding hydrogens is 621 g/mol. The van der Waals surface area contributed by atoms with Crippen molar-refractivity contribution in [1.82, 2.24) is 39.4 Å². The molecule has 0 bridgehead atoms. The molecule has 0 saturated carbocycles. The van der Waals surface area contributed by atoms with E-state index >= 15 is 0 Å². The zero-order valence-electron chi connectivity index (χ0n) is 27.0. The third-order valence-electron chi connectivity index (χ3n) is 10.2. The lowest BCUT2D eigenvalue weighted by atomic mass is 9.83. The molecule has 0 radical (unpaired) electrons. The largest absolute Gasteiger partial charge is 0.451 e. The molecule has 4 aliphatic heterocycles. The molecule has 3 aromatic rings. The Labute approximate surface area is 276 Å². The predicted octanol–water partition coefficient (Wildman–Crippen LogP) is 3.36. The quantitative estimate of drug-likeness (QED) is 0.393. The molecule has 11 nitrogen and oxygen atoms in total. The summed E-state index contributed by atoms with van der Waals surface area (Å²) >= 11 is 0. The number of rotatable bonds is 8. The standard InChI is InChI=1S/C34H39F3N10O/c1-2-23-15-28(27-5-10-39-30(27)40-17-23)24-18-41-47(19-24)33(8-9-38)21-46(22-33)26-6-13-45(14-7-26)31(48)29-16-25(20-44-11-3-4-12-44)42-32(43-29)34(35,36)37/h5,10,16-19,26H,2-4,6-8,11-15,20-22H2,1H3,(H,39,40). The number of piperidine rings is 1. The number of nitrogens with zero attached hydrogens (tertiary/aromatic N) is 9. The van der Waals surface area contributed by atoms with Crippen LogP contribution in [0.1, 0.15) is 79.4 Å². The van der Waals surface area contributed by atoms with Crippen LogP contribution in [0.5, 0.6) is 0 Å². The Hall–Kier alpha value is -4.35. The Morgan fingerprint density at radius 1 is 1.15 bits per heavy atom. The molecule has 3 saturated heterocycles. The lowest BCUT2D eigenvalue weighted by Gasteiger charge is -2.53. The topological polar surface area (TPSA) is 122 Å². The van der Waals surface area contributed by atoms with Crippen LogP contribution in [0, 0.1) is 11.3 Å². The van der Waals surface area contributed by atoms with Gasteiger partial charge in [-0.25, -0.2) is 15.0 Å². The highest BCUT2D eigenvalue weighted by Gasteiger charge is 2.48. The molecular formula is C34H39F3N10O. The summed E-state index contributed by atoms with van der Waals surface area (Å²) in [6.45, 7) is 6.14. The Morgan fingerprint density at radius 2 is 1.92 bits per heavy atom. The first-order valence-corrected chi connectivity index (χ1v) is 16.7. The van der Waals surface area contributed by atoms with Gasteiger partial charge in [0.1, 0.15) is 16.7 Å². The predicted molar refractivity (Wildman–Crippen MR) is 170 cm³/mol. The first-order valence-electron chi connectivity index (χ1n) is 16.7. The fourth-order valence-electron chi connectivity index (χ4n) is 7.48. The van der Waals surface area contributed by atoms with Gasteiger partial charge in [-0.1, -0.05) is 6.92 Å². The molecule has 0 aliphatic carbocycles. The van der Waals surface area contributed by atoms with Crippen molar-refractivity contribution < 1.29 is 18.0 Å². The Kier molecular flexibility index (Phi) is 8.68. The number of likely N-dealkylation sites (tertiary alicyclic amines) is 3. The summed E-state index contributed by atoms with van der Waals surface area (Å²) in [5, 5.41) is 15.6. The maximum Gasteiger partial charge on any atom is 0.451 e. The van der Waals surface area contributed by atoms with Crippen molar-refractivity contribution in [3.05, 3.63) is 76.0 Å². The van der Waals surface area contributed by atoms with E-state index in [2.05, 4.69) is 48.9 Å². The maximum atomic E-state index is 13.7. The molecule has 3 aromatic heterocycles. The number of nitrogens with one attached hydrogen (secondary N) is 1. The van der Waals surface area contributed by atoms with Crippen LogP contribution in [0.25, 0.3) is 5.57 Å². The smallest absolute Gasteiger partial charge is 0.346 e. The molecule has 1 amide bonds. The van der Waals surface area contributed by atoms with Gasteiger partial charge in [0.05, 0.1) is 24.4 Å². The van der Waals surface area contributed by atoms with E-state index in [1.165, 1.54) is 11.6 Å². The van der Waals surface area contributed by atoms with Crippen LogP contribution in [0.3, 0.4) is 0 Å². The van der Waals surface area contributed by atoms with Crippen LogP contribution in [-0.4, -0.2) is 90.6 Å². The first-order chi connectivity index (χ1) is 23.2. The minimum Gasteiger partial charge on any atom is -0.346 e. The lowest BCUT2D eigenvalue weighted by molar-refractivity contribution is -0.145. The summed E-state index contributed by atoms with van der Waals surface area (Å²) < 4.78 is 43.0. The number of aromatic amines is 1. The summed E-state index contributed by atoms with van der Waals surface area (Å²) in [4.78, 5) is 34.7. The minimum absolute atomic E-state index is 0.190. The molecule has 48 heavy (non-hydrogen) atoms. The summed E-state index contributed by atoms with van der Waals surface area (Å²) in [5.74, 6) is -1.76. The minimum atomic E-state index is -4.74. The molecule has 0 unspecified atom stereocenters. The van der Waals surface area contributed by atoms with E-state index in [9.17, 15) is 23.2 Å². The molecule has 7 rings (SSSR count). The first kappa shape index (κ1) is 32.2. The van der Waals surface area contributed by atoms with Gasteiger partial charge in [0, 0.05) is 68.1 Å². The number of carbonyl (C=O) groups is 1. The Morgan fingerprint density at radius 3 is 2.62 bits per heavy atom. The van der Waals surface area contributed by atoms with Crippen molar-refractivity contribution in [2.24, 2.45) is 4.99 Å². The van der Waals surface area contributed by atoms with Crippen LogP contribution in [0.2, 0.25) is 0 Å². The highest BCUT2D eigenvalue weighted by molar-refractivity contribution is 5.92. The summed E-state index contributed by atoms with van der Waals surface area (Å²) in [6, 6.07) is 6.02. The third kappa shape index (κ3) is 6.28. The van der Waals surface area contributed by atoms with Gasteiger partial charge in [0.15, 0.2) is 0 Å². The van der Waals surface area contributed by atoms with E-state index < -0.39 is 23.4 Å². The molecule has 7 heterocycles. The number of hydrogen-bond donors (Lipinski definition) is 1. The summed E-state index contributed by atoms with van der Waals surface area (Å²) in [6.07, 6.45) is 8.37. The number of fused-ring (bicyclic) bond motifs is 1. The maximum absolute atomic E-state index is 13.7. The average molecular weight is 661 g/mol. The van der Waals surface area contributed by atoms with Crippen molar-refractivity contribution in [2.75, 3.05) is 39.3 Å². The van der Waals surface area contributed by atoms with Crippen LogP contribution in [0.15, 0.2) is 47.5 Å². The number of H-pyrrole nitrogens is 1. The molecule has 4 aliphatic rings. The highest BCUT2D eigenvalue weighted by atomic mass is 19.4. The van der Waals surface area contributed by atoms with Gasteiger partial charge in [0.2, 0.25) is 5.82 Å². The molecule has 252 valence electrons. The van der Waals surface area contributed by atoms with Crippen LogP contribution in [0.4, 0.5) is 13.2 Å². The van der Waals surface area contributed by atoms with Gasteiger partial charge in [-0.15, -0.1) is 0 Å². The number of nitriles is 1. The van der Waals surface area contributed by atoms with Crippen molar-refractivity contribution in [3.63, 3.8) is 0 Å². The van der Waals surface area contributed by atoms with Crippen molar-refractivity contribution in [2.45, 2.75) is 76.2 Å². The highest BCUT2D eigenvalue weighted by Crippen LogP contribution is 2.37. The normalized spacial score (nSPS) is 20.4. The third-order valence-corrected chi connectivity index (χ3v) is 10.2. The zero-order valence-corrected chi connectivity index (χ0v) is 27.0. The van der Waals surface area contributed by atoms with Crippen LogP contribution >= 0.6 is 0 Å². The monoisotopic (exact) mass is 660 g/mol. The van der Waals surface area contributed by atoms with E-state index in [4.69, 9.17) is 5.10 Å². The Bertz CT molecular complexity index is 1870. The number of amides is 1. The van der Waals surface area contributed by atoms with Crippen molar-refractivity contribution >= 4 is 11.5 Å². The number of allylic oxidation sites excluding steroid dienone is 1. The average Bonchev–Trinajstić information content (AvgIpc) is 3.84.